The Morgan fingerprint density at radius 1 is 1.12 bits per heavy atom. The predicted octanol–water partition coefficient (Wildman–Crippen LogP) is 4.24. The highest BCUT2D eigenvalue weighted by Gasteiger charge is 2.27. The summed E-state index contributed by atoms with van der Waals surface area (Å²) in [5.41, 5.74) is 7.86. The van der Waals surface area contributed by atoms with Gasteiger partial charge >= 0.3 is 0 Å². The van der Waals surface area contributed by atoms with E-state index in [0.717, 1.165) is 16.7 Å². The maximum Gasteiger partial charge on any atom is 0.189 e. The van der Waals surface area contributed by atoms with E-state index in [4.69, 9.17) is 19.9 Å². The van der Waals surface area contributed by atoms with Gasteiger partial charge in [-0.05, 0) is 68.8 Å². The molecule has 1 aliphatic heterocycles. The van der Waals surface area contributed by atoms with Crippen LogP contribution in [0.3, 0.4) is 0 Å². The molecule has 0 spiro atoms. The molecule has 0 aliphatic carbocycles. The molecule has 2 aromatic carbocycles. The number of carbonyl (C=O) groups is 2. The number of carbonyl (C=O) groups excluding carboxylic acids is 2. The summed E-state index contributed by atoms with van der Waals surface area (Å²) in [6.07, 6.45) is 7.23. The average Bonchev–Trinajstić information content (AvgIpc) is 2.76. The van der Waals surface area contributed by atoms with E-state index in [1.807, 2.05) is 38.1 Å². The minimum Gasteiger partial charge on any atom is -0.496 e. The number of rotatable bonds is 8. The topological polar surface area (TPSA) is 87.9 Å². The predicted molar refractivity (Wildman–Crippen MR) is 125 cm³/mol. The summed E-state index contributed by atoms with van der Waals surface area (Å²) in [6, 6.07) is 8.35. The lowest BCUT2D eigenvalue weighted by Gasteiger charge is -2.29. The first-order valence-corrected chi connectivity index (χ1v) is 10.4. The summed E-state index contributed by atoms with van der Waals surface area (Å²) in [4.78, 5) is 25.2. The normalized spacial score (nSPS) is 15.1. The van der Waals surface area contributed by atoms with Gasteiger partial charge in [0.2, 0.25) is 0 Å². The van der Waals surface area contributed by atoms with E-state index in [2.05, 4.69) is 0 Å². The van der Waals surface area contributed by atoms with Crippen molar-refractivity contribution in [2.45, 2.75) is 38.8 Å². The molecule has 0 amide bonds. The Balaban J connectivity index is 1.91. The van der Waals surface area contributed by atoms with Gasteiger partial charge in [-0.1, -0.05) is 12.1 Å². The van der Waals surface area contributed by atoms with Crippen LogP contribution < -0.4 is 19.9 Å². The molecule has 2 N–H and O–H groups in total. The number of hydrogen-bond donors (Lipinski definition) is 1. The van der Waals surface area contributed by atoms with Crippen LogP contribution in [0.5, 0.6) is 17.2 Å². The molecule has 0 fully saturated rings. The maximum atomic E-state index is 13.0. The van der Waals surface area contributed by atoms with E-state index in [0.29, 0.717) is 22.8 Å². The summed E-state index contributed by atoms with van der Waals surface area (Å²) in [7, 11) is 3.14. The Kier molecular flexibility index (Phi) is 6.84. The van der Waals surface area contributed by atoms with Gasteiger partial charge in [0.25, 0.3) is 0 Å². The van der Waals surface area contributed by atoms with E-state index >= 15 is 0 Å². The van der Waals surface area contributed by atoms with Crippen molar-refractivity contribution >= 4 is 23.7 Å². The van der Waals surface area contributed by atoms with Crippen molar-refractivity contribution in [3.05, 3.63) is 64.7 Å². The largest absolute Gasteiger partial charge is 0.496 e. The molecule has 0 bridgehead atoms. The van der Waals surface area contributed by atoms with Gasteiger partial charge in [0.05, 0.1) is 31.4 Å². The SMILES string of the molecule is COc1ccc(/C=C/C(=O)c2ccc(OC)c3c2OC(C)(C)C=C3)cc1CC(=O)C(C)N. The molecule has 1 aliphatic rings. The molecule has 32 heavy (non-hydrogen) atoms. The maximum absolute atomic E-state index is 13.0. The van der Waals surface area contributed by atoms with E-state index < -0.39 is 11.6 Å². The van der Waals surface area contributed by atoms with Crippen molar-refractivity contribution in [2.75, 3.05) is 14.2 Å². The zero-order valence-corrected chi connectivity index (χ0v) is 19.1. The molecular weight excluding hydrogens is 406 g/mol. The Hall–Kier alpha value is -3.38. The zero-order valence-electron chi connectivity index (χ0n) is 19.1. The van der Waals surface area contributed by atoms with Crippen LogP contribution in [0.25, 0.3) is 12.2 Å². The molecule has 6 heteroatoms. The molecule has 0 saturated heterocycles. The van der Waals surface area contributed by atoms with Gasteiger partial charge in [0, 0.05) is 12.0 Å². The van der Waals surface area contributed by atoms with Crippen LogP contribution in [-0.2, 0) is 11.2 Å². The molecule has 1 unspecified atom stereocenters. The van der Waals surface area contributed by atoms with Crippen LogP contribution in [0.2, 0.25) is 0 Å². The third-order valence-electron chi connectivity index (χ3n) is 5.26. The monoisotopic (exact) mass is 435 g/mol. The Morgan fingerprint density at radius 3 is 2.47 bits per heavy atom. The lowest BCUT2D eigenvalue weighted by molar-refractivity contribution is -0.119. The molecule has 0 radical (unpaired) electrons. The molecule has 1 atom stereocenters. The number of allylic oxidation sites excluding steroid dienone is 1. The first kappa shape index (κ1) is 23.3. The fourth-order valence-corrected chi connectivity index (χ4v) is 3.45. The van der Waals surface area contributed by atoms with Crippen molar-refractivity contribution in [3.63, 3.8) is 0 Å². The average molecular weight is 436 g/mol. The number of fused-ring (bicyclic) bond motifs is 1. The Labute approximate surface area is 188 Å². The number of benzene rings is 2. The third kappa shape index (κ3) is 5.08. The molecule has 3 rings (SSSR count). The second kappa shape index (κ2) is 9.40. The first-order chi connectivity index (χ1) is 15.1. The number of ether oxygens (including phenoxy) is 3. The third-order valence-corrected chi connectivity index (χ3v) is 5.26. The summed E-state index contributed by atoms with van der Waals surface area (Å²) < 4.78 is 16.9. The lowest BCUT2D eigenvalue weighted by Crippen LogP contribution is -2.28. The smallest absolute Gasteiger partial charge is 0.189 e. The number of ketones is 2. The second-order valence-corrected chi connectivity index (χ2v) is 8.30. The van der Waals surface area contributed by atoms with Crippen LogP contribution >= 0.6 is 0 Å². The number of hydrogen-bond acceptors (Lipinski definition) is 6. The number of nitrogens with two attached hydrogens (primary N) is 1. The van der Waals surface area contributed by atoms with Crippen LogP contribution in [-0.4, -0.2) is 37.4 Å². The Morgan fingerprint density at radius 2 is 1.81 bits per heavy atom. The van der Waals surface area contributed by atoms with Gasteiger partial charge in [-0.2, -0.15) is 0 Å². The van der Waals surface area contributed by atoms with Crippen LogP contribution in [0, 0.1) is 0 Å². The van der Waals surface area contributed by atoms with Crippen molar-refractivity contribution in [2.24, 2.45) is 5.73 Å². The van der Waals surface area contributed by atoms with Crippen molar-refractivity contribution in [1.29, 1.82) is 0 Å². The second-order valence-electron chi connectivity index (χ2n) is 8.30. The summed E-state index contributed by atoms with van der Waals surface area (Å²) in [6.45, 7) is 5.52. The molecule has 0 aromatic heterocycles. The minimum atomic E-state index is -0.556. The molecule has 1 heterocycles. The fourth-order valence-electron chi connectivity index (χ4n) is 3.45. The van der Waals surface area contributed by atoms with E-state index in [9.17, 15) is 9.59 Å². The van der Waals surface area contributed by atoms with Gasteiger partial charge in [0.15, 0.2) is 11.6 Å². The lowest BCUT2D eigenvalue weighted by atomic mass is 9.97. The van der Waals surface area contributed by atoms with Crippen LogP contribution in [0.1, 0.15) is 47.8 Å². The minimum absolute atomic E-state index is 0.0850. The van der Waals surface area contributed by atoms with Crippen molar-refractivity contribution < 1.29 is 23.8 Å². The quantitative estimate of drug-likeness (QED) is 0.493. The summed E-state index contributed by atoms with van der Waals surface area (Å²) in [5.74, 6) is 1.47. The zero-order chi connectivity index (χ0) is 23.5. The van der Waals surface area contributed by atoms with Crippen molar-refractivity contribution in [3.8, 4) is 17.2 Å². The van der Waals surface area contributed by atoms with Gasteiger partial charge in [-0.25, -0.2) is 0 Å². The van der Waals surface area contributed by atoms with Gasteiger partial charge in [-0.3, -0.25) is 9.59 Å². The first-order valence-electron chi connectivity index (χ1n) is 10.4. The molecule has 0 saturated carbocycles. The van der Waals surface area contributed by atoms with E-state index in [1.165, 1.54) is 6.08 Å². The number of Topliss-reactive ketones (excluding diaryl/α,β-unsaturated/α-hetero) is 1. The fraction of sp³-hybridized carbons (Fsp3) is 0.308. The highest BCUT2D eigenvalue weighted by atomic mass is 16.5. The van der Waals surface area contributed by atoms with Crippen molar-refractivity contribution in [1.82, 2.24) is 0 Å². The van der Waals surface area contributed by atoms with E-state index in [1.54, 1.807) is 45.4 Å². The standard InChI is InChI=1S/C26H29NO5/c1-16(27)22(29)15-18-14-17(7-10-23(18)30-4)6-9-21(28)19-8-11-24(31-5)20-12-13-26(2,3)32-25(19)20/h6-14,16H,15,27H2,1-5H3/b9-6+. The summed E-state index contributed by atoms with van der Waals surface area (Å²) >= 11 is 0. The highest BCUT2D eigenvalue weighted by Crippen LogP contribution is 2.40. The highest BCUT2D eigenvalue weighted by molar-refractivity contribution is 6.09. The summed E-state index contributed by atoms with van der Waals surface area (Å²) in [5, 5.41) is 0. The van der Waals surface area contributed by atoms with E-state index in [-0.39, 0.29) is 18.0 Å². The van der Waals surface area contributed by atoms with Gasteiger partial charge in [-0.15, -0.1) is 0 Å². The van der Waals surface area contributed by atoms with Gasteiger partial charge in [0.1, 0.15) is 22.8 Å². The van der Waals surface area contributed by atoms with Gasteiger partial charge < -0.3 is 19.9 Å². The van der Waals surface area contributed by atoms with Crippen LogP contribution in [0.15, 0.2) is 42.5 Å². The number of methoxy groups -OCH3 is 2. The Bertz CT molecular complexity index is 1100. The molecule has 2 aromatic rings. The molecular formula is C26H29NO5. The molecule has 6 nitrogen and oxygen atoms in total. The van der Waals surface area contributed by atoms with Crippen LogP contribution in [0.4, 0.5) is 0 Å². The molecule has 168 valence electrons.